The number of carbonyl (C=O) groups excluding carboxylic acids is 1. The van der Waals surface area contributed by atoms with Gasteiger partial charge in [0.25, 0.3) is 5.91 Å². The Bertz CT molecular complexity index is 1180. The van der Waals surface area contributed by atoms with Crippen molar-refractivity contribution in [3.63, 3.8) is 0 Å². The molecule has 1 N–H and O–H groups in total. The number of sulfonamides is 1. The average Bonchev–Trinajstić information content (AvgIpc) is 2.78. The minimum Gasteiger partial charge on any atom is -0.490 e. The highest BCUT2D eigenvalue weighted by molar-refractivity contribution is 7.89. The van der Waals surface area contributed by atoms with E-state index in [-0.39, 0.29) is 11.5 Å². The summed E-state index contributed by atoms with van der Waals surface area (Å²) < 4.78 is 37.6. The molecule has 168 valence electrons. The van der Waals surface area contributed by atoms with Crippen molar-refractivity contribution >= 4 is 21.6 Å². The second-order valence-corrected chi connectivity index (χ2v) is 9.35. The Hall–Kier alpha value is -3.36. The van der Waals surface area contributed by atoms with Gasteiger partial charge >= 0.3 is 0 Å². The molecule has 3 rings (SSSR count). The maximum Gasteiger partial charge on any atom is 0.259 e. The quantitative estimate of drug-likeness (QED) is 0.495. The molecule has 0 saturated carbocycles. The molecule has 0 aliphatic rings. The molecule has 0 spiro atoms. The van der Waals surface area contributed by atoms with Gasteiger partial charge in [-0.3, -0.25) is 4.79 Å². The highest BCUT2D eigenvalue weighted by Gasteiger charge is 2.21. The number of nitrogens with one attached hydrogen (secondary N) is 1. The molecule has 0 aliphatic carbocycles. The minimum atomic E-state index is -3.63. The van der Waals surface area contributed by atoms with Crippen LogP contribution < -0.4 is 14.8 Å². The molecular weight excluding hydrogens is 428 g/mol. The zero-order valence-corrected chi connectivity index (χ0v) is 19.1. The fraction of sp³-hybridized carbons (Fsp3) is 0.208. The Labute approximate surface area is 188 Å². The first-order valence-electron chi connectivity index (χ1n) is 10.0. The van der Waals surface area contributed by atoms with Gasteiger partial charge in [-0.05, 0) is 48.9 Å². The lowest BCUT2D eigenvalue weighted by Crippen LogP contribution is -2.23. The van der Waals surface area contributed by atoms with Crippen LogP contribution >= 0.6 is 0 Å². The highest BCUT2D eigenvalue weighted by Crippen LogP contribution is 2.24. The molecular formula is C24H26N2O5S. The number of carbonyl (C=O) groups is 1. The topological polar surface area (TPSA) is 84.9 Å². The SMILES string of the molecule is Cc1ccc(NC(=O)c2ccccc2OCCOc2ccccc2)cc1S(=O)(=O)N(C)C. The molecule has 0 atom stereocenters. The van der Waals surface area contributed by atoms with Gasteiger partial charge < -0.3 is 14.8 Å². The lowest BCUT2D eigenvalue weighted by Gasteiger charge is -2.16. The van der Waals surface area contributed by atoms with E-state index in [1.807, 2.05) is 30.3 Å². The van der Waals surface area contributed by atoms with E-state index in [0.717, 1.165) is 10.1 Å². The smallest absolute Gasteiger partial charge is 0.259 e. The van der Waals surface area contributed by atoms with Crippen LogP contribution in [0.4, 0.5) is 5.69 Å². The Kier molecular flexibility index (Phi) is 7.50. The van der Waals surface area contributed by atoms with E-state index in [1.165, 1.54) is 20.2 Å². The number of hydrogen-bond donors (Lipinski definition) is 1. The highest BCUT2D eigenvalue weighted by atomic mass is 32.2. The second kappa shape index (κ2) is 10.3. The van der Waals surface area contributed by atoms with Crippen LogP contribution in [-0.4, -0.2) is 45.9 Å². The van der Waals surface area contributed by atoms with Crippen LogP contribution in [0, 0.1) is 6.92 Å². The summed E-state index contributed by atoms with van der Waals surface area (Å²) in [6.07, 6.45) is 0. The zero-order chi connectivity index (χ0) is 23.1. The summed E-state index contributed by atoms with van der Waals surface area (Å²) in [6, 6.07) is 21.0. The first-order chi connectivity index (χ1) is 15.3. The summed E-state index contributed by atoms with van der Waals surface area (Å²) in [5.41, 5.74) is 1.31. The Balaban J connectivity index is 1.70. The monoisotopic (exact) mass is 454 g/mol. The lowest BCUT2D eigenvalue weighted by atomic mass is 10.1. The van der Waals surface area contributed by atoms with Gasteiger partial charge in [0, 0.05) is 19.8 Å². The van der Waals surface area contributed by atoms with Crippen LogP contribution in [-0.2, 0) is 10.0 Å². The zero-order valence-electron chi connectivity index (χ0n) is 18.2. The predicted octanol–water partition coefficient (Wildman–Crippen LogP) is 3.96. The number of amides is 1. The first-order valence-corrected chi connectivity index (χ1v) is 11.5. The van der Waals surface area contributed by atoms with Crippen molar-refractivity contribution in [2.24, 2.45) is 0 Å². The third kappa shape index (κ3) is 5.66. The van der Waals surface area contributed by atoms with E-state index in [1.54, 1.807) is 43.3 Å². The summed E-state index contributed by atoms with van der Waals surface area (Å²) in [5, 5.41) is 2.76. The molecule has 0 bridgehead atoms. The number of nitrogens with zero attached hydrogens (tertiary/aromatic N) is 1. The number of aryl methyl sites for hydroxylation is 1. The van der Waals surface area contributed by atoms with E-state index >= 15 is 0 Å². The van der Waals surface area contributed by atoms with Gasteiger partial charge in [0.05, 0.1) is 10.5 Å². The lowest BCUT2D eigenvalue weighted by molar-refractivity contribution is 0.102. The first kappa shape index (κ1) is 23.3. The van der Waals surface area contributed by atoms with Crippen LogP contribution in [0.1, 0.15) is 15.9 Å². The Morgan fingerprint density at radius 2 is 1.56 bits per heavy atom. The van der Waals surface area contributed by atoms with Gasteiger partial charge in [-0.2, -0.15) is 0 Å². The van der Waals surface area contributed by atoms with Crippen molar-refractivity contribution in [2.75, 3.05) is 32.6 Å². The molecule has 1 amide bonds. The molecule has 8 heteroatoms. The van der Waals surface area contributed by atoms with E-state index in [2.05, 4.69) is 5.32 Å². The van der Waals surface area contributed by atoms with Gasteiger partial charge in [-0.15, -0.1) is 0 Å². The number of para-hydroxylation sites is 2. The van der Waals surface area contributed by atoms with Crippen molar-refractivity contribution in [1.29, 1.82) is 0 Å². The van der Waals surface area contributed by atoms with Crippen molar-refractivity contribution in [2.45, 2.75) is 11.8 Å². The minimum absolute atomic E-state index is 0.142. The summed E-state index contributed by atoms with van der Waals surface area (Å²) in [4.78, 5) is 13.0. The third-order valence-electron chi connectivity index (χ3n) is 4.69. The average molecular weight is 455 g/mol. The van der Waals surface area contributed by atoms with Crippen molar-refractivity contribution in [3.8, 4) is 11.5 Å². The predicted molar refractivity (Wildman–Crippen MR) is 124 cm³/mol. The van der Waals surface area contributed by atoms with E-state index in [0.29, 0.717) is 29.2 Å². The van der Waals surface area contributed by atoms with Crippen molar-refractivity contribution in [1.82, 2.24) is 4.31 Å². The van der Waals surface area contributed by atoms with Gasteiger partial charge in [-0.25, -0.2) is 12.7 Å². The van der Waals surface area contributed by atoms with Crippen molar-refractivity contribution < 1.29 is 22.7 Å². The molecule has 3 aromatic rings. The number of ether oxygens (including phenoxy) is 2. The molecule has 0 aromatic heterocycles. The molecule has 7 nitrogen and oxygen atoms in total. The summed E-state index contributed by atoms with van der Waals surface area (Å²) in [6.45, 7) is 2.29. The third-order valence-corrected chi connectivity index (χ3v) is 6.65. The fourth-order valence-electron chi connectivity index (χ4n) is 2.96. The maximum atomic E-state index is 12.9. The largest absolute Gasteiger partial charge is 0.490 e. The molecule has 32 heavy (non-hydrogen) atoms. The van der Waals surface area contributed by atoms with Gasteiger partial charge in [0.1, 0.15) is 24.7 Å². The summed E-state index contributed by atoms with van der Waals surface area (Å²) in [7, 11) is -0.698. The number of benzene rings is 3. The van der Waals surface area contributed by atoms with Gasteiger partial charge in [0.2, 0.25) is 10.0 Å². The Morgan fingerprint density at radius 1 is 0.906 bits per heavy atom. The standard InChI is InChI=1S/C24H26N2O5S/c1-18-13-14-19(17-23(18)32(28,29)26(2)3)25-24(27)21-11-7-8-12-22(21)31-16-15-30-20-9-5-4-6-10-20/h4-14,17H,15-16H2,1-3H3,(H,25,27). The van der Waals surface area contributed by atoms with E-state index in [4.69, 9.17) is 9.47 Å². The molecule has 0 heterocycles. The normalized spacial score (nSPS) is 11.2. The van der Waals surface area contributed by atoms with Gasteiger partial charge in [0.15, 0.2) is 0 Å². The van der Waals surface area contributed by atoms with E-state index < -0.39 is 15.9 Å². The molecule has 3 aromatic carbocycles. The maximum absolute atomic E-state index is 12.9. The number of rotatable bonds is 9. The van der Waals surface area contributed by atoms with Crippen LogP contribution in [0.5, 0.6) is 11.5 Å². The molecule has 0 unspecified atom stereocenters. The Morgan fingerprint density at radius 3 is 2.28 bits per heavy atom. The number of hydrogen-bond acceptors (Lipinski definition) is 5. The van der Waals surface area contributed by atoms with E-state index in [9.17, 15) is 13.2 Å². The van der Waals surface area contributed by atoms with Crippen LogP contribution in [0.15, 0.2) is 77.7 Å². The van der Waals surface area contributed by atoms with Crippen molar-refractivity contribution in [3.05, 3.63) is 83.9 Å². The molecule has 0 fully saturated rings. The number of anilines is 1. The fourth-order valence-corrected chi connectivity index (χ4v) is 4.10. The van der Waals surface area contributed by atoms with Gasteiger partial charge in [-0.1, -0.05) is 36.4 Å². The summed E-state index contributed by atoms with van der Waals surface area (Å²) in [5.74, 6) is 0.751. The molecule has 0 radical (unpaired) electrons. The summed E-state index contributed by atoms with van der Waals surface area (Å²) >= 11 is 0. The van der Waals surface area contributed by atoms with Crippen LogP contribution in [0.3, 0.4) is 0 Å². The molecule has 0 saturated heterocycles. The van der Waals surface area contributed by atoms with Crippen LogP contribution in [0.2, 0.25) is 0 Å². The molecule has 0 aliphatic heterocycles. The second-order valence-electron chi connectivity index (χ2n) is 7.23. The van der Waals surface area contributed by atoms with Crippen LogP contribution in [0.25, 0.3) is 0 Å².